The number of anilines is 1. The van der Waals surface area contributed by atoms with Crippen LogP contribution in [-0.2, 0) is 11.8 Å². The van der Waals surface area contributed by atoms with Crippen LogP contribution in [0.3, 0.4) is 0 Å². The van der Waals surface area contributed by atoms with Crippen molar-refractivity contribution in [2.45, 2.75) is 24.9 Å². The van der Waals surface area contributed by atoms with Gasteiger partial charge >= 0.3 is 0 Å². The van der Waals surface area contributed by atoms with E-state index < -0.39 is 0 Å². The smallest absolute Gasteiger partial charge is 0.160 e. The molecule has 0 radical (unpaired) electrons. The lowest BCUT2D eigenvalue weighted by atomic mass is 10.1. The van der Waals surface area contributed by atoms with E-state index in [0.717, 1.165) is 30.5 Å². The van der Waals surface area contributed by atoms with E-state index in [9.17, 15) is 0 Å². The van der Waals surface area contributed by atoms with Crippen LogP contribution in [0.25, 0.3) is 11.5 Å². The Morgan fingerprint density at radius 3 is 2.74 bits per heavy atom. The molecule has 7 heteroatoms. The fourth-order valence-corrected chi connectivity index (χ4v) is 3.44. The summed E-state index contributed by atoms with van der Waals surface area (Å²) in [6.07, 6.45) is 6.25. The fraction of sp³-hybridized carbons (Fsp3) is 0.562. The van der Waals surface area contributed by atoms with Gasteiger partial charge in [0.1, 0.15) is 11.5 Å². The van der Waals surface area contributed by atoms with E-state index in [1.54, 1.807) is 6.20 Å². The molecule has 2 aromatic heterocycles. The van der Waals surface area contributed by atoms with Gasteiger partial charge in [-0.25, -0.2) is 4.98 Å². The van der Waals surface area contributed by atoms with E-state index in [1.807, 2.05) is 29.9 Å². The summed E-state index contributed by atoms with van der Waals surface area (Å²) >= 11 is 0. The molecular formula is C16H22N6O. The zero-order chi connectivity index (χ0) is 15.6. The maximum absolute atomic E-state index is 5.69. The predicted octanol–water partition coefficient (Wildman–Crippen LogP) is 1.15. The Balaban J connectivity index is 1.45. The second-order valence-electron chi connectivity index (χ2n) is 6.26. The van der Waals surface area contributed by atoms with Gasteiger partial charge in [-0.3, -0.25) is 4.90 Å². The van der Waals surface area contributed by atoms with E-state index in [-0.39, 0.29) is 6.04 Å². The van der Waals surface area contributed by atoms with Gasteiger partial charge in [0.05, 0.1) is 25.3 Å². The lowest BCUT2D eigenvalue weighted by Crippen LogP contribution is -2.45. The van der Waals surface area contributed by atoms with Crippen molar-refractivity contribution < 1.29 is 4.74 Å². The summed E-state index contributed by atoms with van der Waals surface area (Å²) in [7, 11) is 1.95. The first kappa shape index (κ1) is 14.6. The monoisotopic (exact) mass is 314 g/mol. The number of nitrogens with one attached hydrogen (secondary N) is 1. The molecule has 0 amide bonds. The van der Waals surface area contributed by atoms with E-state index in [1.165, 1.54) is 25.9 Å². The lowest BCUT2D eigenvalue weighted by Gasteiger charge is -2.28. The van der Waals surface area contributed by atoms with E-state index in [4.69, 9.17) is 4.74 Å². The first-order valence-electron chi connectivity index (χ1n) is 8.21. The van der Waals surface area contributed by atoms with Crippen LogP contribution in [0.2, 0.25) is 0 Å². The maximum atomic E-state index is 5.69. The van der Waals surface area contributed by atoms with Gasteiger partial charge in [-0.05, 0) is 38.1 Å². The number of nitrogens with zero attached hydrogens (tertiary/aromatic N) is 5. The highest BCUT2D eigenvalue weighted by atomic mass is 16.5. The Kier molecular flexibility index (Phi) is 3.97. The standard InChI is InChI=1S/C16H22N6O/c1-21-9-6-17-16(21)12-4-5-15(20-19-12)18-13-10-23-11-14(13)22-7-2-3-8-22/h4-6,9,13-14H,2-3,7-8,10-11H2,1H3,(H,18,20). The number of imidazole rings is 1. The van der Waals surface area contributed by atoms with E-state index >= 15 is 0 Å². The van der Waals surface area contributed by atoms with Crippen LogP contribution in [0, 0.1) is 0 Å². The maximum Gasteiger partial charge on any atom is 0.160 e. The van der Waals surface area contributed by atoms with Crippen molar-refractivity contribution in [1.82, 2.24) is 24.6 Å². The molecule has 0 spiro atoms. The fourth-order valence-electron chi connectivity index (χ4n) is 3.44. The van der Waals surface area contributed by atoms with E-state index in [0.29, 0.717) is 6.04 Å². The lowest BCUT2D eigenvalue weighted by molar-refractivity contribution is 0.159. The number of hydrogen-bond acceptors (Lipinski definition) is 6. The van der Waals surface area contributed by atoms with Crippen molar-refractivity contribution >= 4 is 5.82 Å². The molecule has 0 aliphatic carbocycles. The molecule has 4 rings (SSSR count). The molecule has 7 nitrogen and oxygen atoms in total. The van der Waals surface area contributed by atoms with Crippen LogP contribution in [0.1, 0.15) is 12.8 Å². The third-order valence-corrected chi connectivity index (χ3v) is 4.71. The zero-order valence-electron chi connectivity index (χ0n) is 13.4. The molecule has 1 N–H and O–H groups in total. The van der Waals surface area contributed by atoms with Crippen LogP contribution < -0.4 is 5.32 Å². The quantitative estimate of drug-likeness (QED) is 0.913. The zero-order valence-corrected chi connectivity index (χ0v) is 13.4. The van der Waals surface area contributed by atoms with Gasteiger partial charge in [0, 0.05) is 19.4 Å². The van der Waals surface area contributed by atoms with Crippen molar-refractivity contribution in [2.75, 3.05) is 31.6 Å². The van der Waals surface area contributed by atoms with Gasteiger partial charge in [0.2, 0.25) is 0 Å². The predicted molar refractivity (Wildman–Crippen MR) is 87.1 cm³/mol. The Bertz CT molecular complexity index is 649. The molecule has 4 heterocycles. The average Bonchev–Trinajstić information content (AvgIpc) is 3.29. The largest absolute Gasteiger partial charge is 0.378 e. The summed E-state index contributed by atoms with van der Waals surface area (Å²) in [5.41, 5.74) is 0.779. The second kappa shape index (κ2) is 6.25. The minimum atomic E-state index is 0.279. The summed E-state index contributed by atoms with van der Waals surface area (Å²) in [5.74, 6) is 1.62. The molecular weight excluding hydrogens is 292 g/mol. The normalized spacial score (nSPS) is 25.1. The van der Waals surface area contributed by atoms with Gasteiger partial charge in [-0.15, -0.1) is 10.2 Å². The van der Waals surface area contributed by atoms with Gasteiger partial charge in [0.15, 0.2) is 5.82 Å². The third-order valence-electron chi connectivity index (χ3n) is 4.71. The number of aryl methyl sites for hydroxylation is 1. The molecule has 0 saturated carbocycles. The number of likely N-dealkylation sites (tertiary alicyclic amines) is 1. The molecule has 23 heavy (non-hydrogen) atoms. The molecule has 2 aromatic rings. The van der Waals surface area contributed by atoms with Gasteiger partial charge in [-0.1, -0.05) is 0 Å². The summed E-state index contributed by atoms with van der Waals surface area (Å²) < 4.78 is 7.62. The summed E-state index contributed by atoms with van der Waals surface area (Å²) in [6, 6.07) is 4.64. The topological polar surface area (TPSA) is 68.1 Å². The first-order chi connectivity index (χ1) is 11.3. The van der Waals surface area contributed by atoms with Crippen LogP contribution in [0.15, 0.2) is 24.5 Å². The molecule has 2 atom stereocenters. The molecule has 2 fully saturated rings. The Labute approximate surface area is 135 Å². The van der Waals surface area contributed by atoms with Crippen molar-refractivity contribution in [1.29, 1.82) is 0 Å². The van der Waals surface area contributed by atoms with Crippen molar-refractivity contribution in [3.63, 3.8) is 0 Å². The van der Waals surface area contributed by atoms with Crippen LogP contribution in [0.5, 0.6) is 0 Å². The average molecular weight is 314 g/mol. The highest BCUT2D eigenvalue weighted by molar-refractivity contribution is 5.51. The van der Waals surface area contributed by atoms with Crippen LogP contribution in [0.4, 0.5) is 5.82 Å². The Morgan fingerprint density at radius 1 is 1.17 bits per heavy atom. The van der Waals surface area contributed by atoms with E-state index in [2.05, 4.69) is 25.4 Å². The molecule has 2 saturated heterocycles. The number of ether oxygens (including phenoxy) is 1. The molecule has 2 unspecified atom stereocenters. The number of hydrogen-bond donors (Lipinski definition) is 1. The SMILES string of the molecule is Cn1ccnc1-c1ccc(NC2COCC2N2CCCC2)nn1. The molecule has 2 aliphatic rings. The van der Waals surface area contributed by atoms with Crippen molar-refractivity contribution in [3.8, 4) is 11.5 Å². The molecule has 0 bridgehead atoms. The summed E-state index contributed by atoms with van der Waals surface area (Å²) in [4.78, 5) is 6.82. The first-order valence-corrected chi connectivity index (χ1v) is 8.21. The van der Waals surface area contributed by atoms with Crippen molar-refractivity contribution in [3.05, 3.63) is 24.5 Å². The second-order valence-corrected chi connectivity index (χ2v) is 6.26. The number of aromatic nitrogens is 4. The summed E-state index contributed by atoms with van der Waals surface area (Å²) in [6.45, 7) is 3.88. The molecule has 122 valence electrons. The molecule has 0 aromatic carbocycles. The Morgan fingerprint density at radius 2 is 2.04 bits per heavy atom. The molecule has 2 aliphatic heterocycles. The number of rotatable bonds is 4. The van der Waals surface area contributed by atoms with Crippen molar-refractivity contribution in [2.24, 2.45) is 7.05 Å². The highest BCUT2D eigenvalue weighted by Gasteiger charge is 2.34. The van der Waals surface area contributed by atoms with Crippen LogP contribution >= 0.6 is 0 Å². The summed E-state index contributed by atoms with van der Waals surface area (Å²) in [5, 5.41) is 12.1. The van der Waals surface area contributed by atoms with Gasteiger partial charge in [0.25, 0.3) is 0 Å². The van der Waals surface area contributed by atoms with Crippen LogP contribution in [-0.4, -0.2) is 63.0 Å². The minimum Gasteiger partial charge on any atom is -0.378 e. The Hall–Kier alpha value is -1.99. The van der Waals surface area contributed by atoms with Gasteiger partial charge < -0.3 is 14.6 Å². The van der Waals surface area contributed by atoms with Gasteiger partial charge in [-0.2, -0.15) is 0 Å². The highest BCUT2D eigenvalue weighted by Crippen LogP contribution is 2.22. The third kappa shape index (κ3) is 2.94. The minimum absolute atomic E-state index is 0.279.